The van der Waals surface area contributed by atoms with Gasteiger partial charge in [-0.3, -0.25) is 4.79 Å². The van der Waals surface area contributed by atoms with Crippen LogP contribution in [0.4, 0.5) is 4.39 Å². The minimum Gasteiger partial charge on any atom is -0.489 e. The lowest BCUT2D eigenvalue weighted by Gasteiger charge is -2.13. The predicted octanol–water partition coefficient (Wildman–Crippen LogP) is 3.29. The zero-order chi connectivity index (χ0) is 16.4. The van der Waals surface area contributed by atoms with Crippen LogP contribution < -0.4 is 4.74 Å². The van der Waals surface area contributed by atoms with Crippen LogP contribution in [0.3, 0.4) is 0 Å². The van der Waals surface area contributed by atoms with Crippen molar-refractivity contribution in [2.75, 3.05) is 20.3 Å². The molecule has 1 aromatic heterocycles. The van der Waals surface area contributed by atoms with Gasteiger partial charge >= 0.3 is 0 Å². The summed E-state index contributed by atoms with van der Waals surface area (Å²) in [4.78, 5) is 15.7. The number of aromatic nitrogens is 2. The van der Waals surface area contributed by atoms with Gasteiger partial charge in [-0.25, -0.2) is 9.37 Å². The van der Waals surface area contributed by atoms with Crippen LogP contribution in [-0.2, 0) is 4.74 Å². The van der Waals surface area contributed by atoms with Crippen molar-refractivity contribution in [2.24, 2.45) is 0 Å². The summed E-state index contributed by atoms with van der Waals surface area (Å²) < 4.78 is 26.2. The Morgan fingerprint density at radius 1 is 1.43 bits per heavy atom. The zero-order valence-electron chi connectivity index (χ0n) is 12.6. The number of ether oxygens (including phenoxy) is 2. The number of hydrogen-bond donors (Lipinski definition) is 0. The molecule has 0 N–H and O–H groups in total. The predicted molar refractivity (Wildman–Crippen MR) is 83.1 cm³/mol. The molecular weight excluding hydrogens is 323 g/mol. The fourth-order valence-corrected chi connectivity index (χ4v) is 2.45. The lowest BCUT2D eigenvalue weighted by Crippen LogP contribution is -2.08. The number of benzene rings is 1. The van der Waals surface area contributed by atoms with Gasteiger partial charge in [0.2, 0.25) is 0 Å². The van der Waals surface area contributed by atoms with E-state index in [1.54, 1.807) is 18.0 Å². The first-order chi connectivity index (χ1) is 11.1. The summed E-state index contributed by atoms with van der Waals surface area (Å²) in [5.74, 6) is 0.0772. The van der Waals surface area contributed by atoms with Gasteiger partial charge in [0.05, 0.1) is 29.9 Å². The number of halogens is 2. The number of carbonyl (C=O) groups excluding carboxylic acids is 1. The average Bonchev–Trinajstić information content (AvgIpc) is 3.25. The van der Waals surface area contributed by atoms with E-state index < -0.39 is 11.1 Å². The Morgan fingerprint density at radius 2 is 2.22 bits per heavy atom. The first-order valence-electron chi connectivity index (χ1n) is 7.29. The van der Waals surface area contributed by atoms with E-state index in [4.69, 9.17) is 21.1 Å². The highest BCUT2D eigenvalue weighted by molar-refractivity contribution is 6.67. The van der Waals surface area contributed by atoms with Crippen molar-refractivity contribution in [2.45, 2.75) is 18.8 Å². The molecule has 23 heavy (non-hydrogen) atoms. The maximum Gasteiger partial charge on any atom is 0.255 e. The molecule has 1 aliphatic rings. The second kappa shape index (κ2) is 6.68. The quantitative estimate of drug-likeness (QED) is 0.574. The van der Waals surface area contributed by atoms with Gasteiger partial charge in [0.1, 0.15) is 18.2 Å². The topological polar surface area (TPSA) is 53.4 Å². The summed E-state index contributed by atoms with van der Waals surface area (Å²) in [6.07, 6.45) is 5.76. The lowest BCUT2D eigenvalue weighted by molar-refractivity contribution is 0.107. The van der Waals surface area contributed by atoms with E-state index in [1.807, 2.05) is 6.20 Å². The van der Waals surface area contributed by atoms with E-state index in [1.165, 1.54) is 6.07 Å². The third kappa shape index (κ3) is 3.54. The minimum absolute atomic E-state index is 0.192. The third-order valence-electron chi connectivity index (χ3n) is 3.68. The largest absolute Gasteiger partial charge is 0.489 e. The molecule has 122 valence electrons. The molecule has 2 aromatic rings. The van der Waals surface area contributed by atoms with Crippen molar-refractivity contribution < 1.29 is 18.7 Å². The van der Waals surface area contributed by atoms with Crippen LogP contribution in [0.5, 0.6) is 5.75 Å². The van der Waals surface area contributed by atoms with Gasteiger partial charge in [-0.15, -0.1) is 0 Å². The lowest BCUT2D eigenvalue weighted by atomic mass is 10.2. The van der Waals surface area contributed by atoms with Crippen molar-refractivity contribution in [3.63, 3.8) is 0 Å². The molecule has 1 saturated carbocycles. The van der Waals surface area contributed by atoms with E-state index in [0.29, 0.717) is 24.0 Å². The monoisotopic (exact) mass is 338 g/mol. The Balaban J connectivity index is 1.98. The van der Waals surface area contributed by atoms with Crippen molar-refractivity contribution >= 4 is 16.8 Å². The van der Waals surface area contributed by atoms with Crippen LogP contribution in [0.25, 0.3) is 5.69 Å². The van der Waals surface area contributed by atoms with Crippen molar-refractivity contribution in [3.05, 3.63) is 41.7 Å². The maximum absolute atomic E-state index is 14.0. The third-order valence-corrected chi connectivity index (χ3v) is 3.89. The smallest absolute Gasteiger partial charge is 0.255 e. The molecule has 0 unspecified atom stereocenters. The molecule has 1 heterocycles. The molecule has 0 spiro atoms. The number of nitrogens with zero attached hydrogens (tertiary/aromatic N) is 2. The highest BCUT2D eigenvalue weighted by Crippen LogP contribution is 2.39. The van der Waals surface area contributed by atoms with Crippen LogP contribution in [0.1, 0.15) is 34.8 Å². The summed E-state index contributed by atoms with van der Waals surface area (Å²) in [5, 5.41) is -0.852. The van der Waals surface area contributed by atoms with Gasteiger partial charge in [0.25, 0.3) is 5.24 Å². The molecule has 1 fully saturated rings. The first-order valence-corrected chi connectivity index (χ1v) is 7.67. The Labute approximate surface area is 138 Å². The number of rotatable bonds is 7. The summed E-state index contributed by atoms with van der Waals surface area (Å²) in [5.41, 5.74) is 1.31. The van der Waals surface area contributed by atoms with Crippen LogP contribution in [0.2, 0.25) is 0 Å². The maximum atomic E-state index is 14.0. The molecule has 5 nitrogen and oxygen atoms in total. The zero-order valence-corrected chi connectivity index (χ0v) is 13.3. The van der Waals surface area contributed by atoms with E-state index in [9.17, 15) is 9.18 Å². The normalized spacial score (nSPS) is 14.0. The summed E-state index contributed by atoms with van der Waals surface area (Å²) in [6, 6.07) is 2.54. The average molecular weight is 339 g/mol. The van der Waals surface area contributed by atoms with Crippen LogP contribution in [-0.4, -0.2) is 35.1 Å². The molecule has 0 atom stereocenters. The van der Waals surface area contributed by atoms with Crippen molar-refractivity contribution in [3.8, 4) is 11.4 Å². The number of methoxy groups -OCH3 is 1. The molecular formula is C16H16ClFN2O3. The molecule has 0 saturated heterocycles. The van der Waals surface area contributed by atoms with Crippen LogP contribution in [0.15, 0.2) is 24.7 Å². The first kappa shape index (κ1) is 16.0. The van der Waals surface area contributed by atoms with Gasteiger partial charge in [-0.05, 0) is 30.5 Å². The van der Waals surface area contributed by atoms with Crippen molar-refractivity contribution in [1.29, 1.82) is 0 Å². The SMILES string of the molecule is COCCOc1cc(F)c(C(=O)Cl)cc1-n1cnc(C2CC2)c1. The summed E-state index contributed by atoms with van der Waals surface area (Å²) in [6.45, 7) is 0.635. The van der Waals surface area contributed by atoms with Crippen molar-refractivity contribution in [1.82, 2.24) is 9.55 Å². The van der Waals surface area contributed by atoms with Gasteiger partial charge in [-0.1, -0.05) is 0 Å². The number of hydrogen-bond acceptors (Lipinski definition) is 4. The Morgan fingerprint density at radius 3 is 2.87 bits per heavy atom. The Bertz CT molecular complexity index is 728. The number of carbonyl (C=O) groups is 1. The second-order valence-electron chi connectivity index (χ2n) is 5.39. The molecule has 7 heteroatoms. The fraction of sp³-hybridized carbons (Fsp3) is 0.375. The summed E-state index contributed by atoms with van der Waals surface area (Å²) in [7, 11) is 1.55. The van der Waals surface area contributed by atoms with Crippen LogP contribution in [0, 0.1) is 5.82 Å². The van der Waals surface area contributed by atoms with E-state index in [0.717, 1.165) is 24.6 Å². The molecule has 0 bridgehead atoms. The fourth-order valence-electron chi connectivity index (χ4n) is 2.31. The molecule has 1 aromatic carbocycles. The molecule has 3 rings (SSSR count). The Kier molecular flexibility index (Phi) is 4.63. The minimum atomic E-state index is -0.852. The Hall–Kier alpha value is -1.92. The second-order valence-corrected chi connectivity index (χ2v) is 5.74. The molecule has 0 amide bonds. The number of imidazole rings is 1. The van der Waals surface area contributed by atoms with Gasteiger partial charge in [-0.2, -0.15) is 0 Å². The highest BCUT2D eigenvalue weighted by Gasteiger charge is 2.26. The van der Waals surface area contributed by atoms with E-state index in [-0.39, 0.29) is 12.2 Å². The summed E-state index contributed by atoms with van der Waals surface area (Å²) >= 11 is 5.45. The highest BCUT2D eigenvalue weighted by atomic mass is 35.5. The molecule has 0 radical (unpaired) electrons. The van der Waals surface area contributed by atoms with Gasteiger partial charge in [0, 0.05) is 25.3 Å². The van der Waals surface area contributed by atoms with E-state index >= 15 is 0 Å². The molecule has 0 aliphatic heterocycles. The van der Waals surface area contributed by atoms with E-state index in [2.05, 4.69) is 4.98 Å². The van der Waals surface area contributed by atoms with Crippen LogP contribution >= 0.6 is 11.6 Å². The van der Waals surface area contributed by atoms with Gasteiger partial charge < -0.3 is 14.0 Å². The molecule has 1 aliphatic carbocycles. The standard InChI is InChI=1S/C16H16ClFN2O3/c1-22-4-5-23-15-7-12(18)11(16(17)21)6-14(15)20-8-13(19-9-20)10-2-3-10/h6-10H,2-5H2,1H3. The van der Waals surface area contributed by atoms with Gasteiger partial charge in [0.15, 0.2) is 0 Å².